The van der Waals surface area contributed by atoms with Crippen LogP contribution in [0.2, 0.25) is 0 Å². The van der Waals surface area contributed by atoms with E-state index in [0.717, 1.165) is 0 Å². The SMILES string of the molecule is NCCN1COCC=CC1=O. The Balaban J connectivity index is 2.48. The van der Waals surface area contributed by atoms with Crippen molar-refractivity contribution in [3.63, 3.8) is 0 Å². The Labute approximate surface area is 65.6 Å². The van der Waals surface area contributed by atoms with Crippen molar-refractivity contribution in [3.05, 3.63) is 12.2 Å². The Hall–Kier alpha value is -0.870. The van der Waals surface area contributed by atoms with Gasteiger partial charge in [-0.25, -0.2) is 0 Å². The quantitative estimate of drug-likeness (QED) is 0.576. The van der Waals surface area contributed by atoms with Gasteiger partial charge in [0.2, 0.25) is 5.91 Å². The van der Waals surface area contributed by atoms with Gasteiger partial charge in [-0.05, 0) is 0 Å². The Kier molecular flexibility index (Phi) is 3.07. The molecule has 0 bridgehead atoms. The van der Waals surface area contributed by atoms with Crippen LogP contribution in [0, 0.1) is 0 Å². The molecule has 1 aliphatic heterocycles. The molecule has 4 nitrogen and oxygen atoms in total. The largest absolute Gasteiger partial charge is 0.357 e. The minimum atomic E-state index is -0.0204. The van der Waals surface area contributed by atoms with Gasteiger partial charge in [-0.3, -0.25) is 4.79 Å². The molecule has 0 aromatic rings. The second-order valence-corrected chi connectivity index (χ2v) is 2.29. The first-order chi connectivity index (χ1) is 5.34. The van der Waals surface area contributed by atoms with Gasteiger partial charge in [0.05, 0.1) is 6.61 Å². The summed E-state index contributed by atoms with van der Waals surface area (Å²) < 4.78 is 5.09. The highest BCUT2D eigenvalue weighted by Gasteiger charge is 2.10. The predicted molar refractivity (Wildman–Crippen MR) is 40.7 cm³/mol. The van der Waals surface area contributed by atoms with Gasteiger partial charge in [-0.15, -0.1) is 0 Å². The molecule has 1 aliphatic rings. The molecule has 1 rings (SSSR count). The standard InChI is InChI=1S/C7H12N2O2/c8-3-4-9-6-11-5-1-2-7(9)10/h1-2H,3-6,8H2. The van der Waals surface area contributed by atoms with E-state index in [1.807, 2.05) is 0 Å². The normalized spacial score (nSPS) is 18.6. The summed E-state index contributed by atoms with van der Waals surface area (Å²) in [5, 5.41) is 0. The van der Waals surface area contributed by atoms with Crippen molar-refractivity contribution >= 4 is 5.91 Å². The first kappa shape index (κ1) is 8.23. The lowest BCUT2D eigenvalue weighted by Gasteiger charge is -2.17. The number of nitrogens with zero attached hydrogens (tertiary/aromatic N) is 1. The Morgan fingerprint density at radius 3 is 3.27 bits per heavy atom. The average molecular weight is 156 g/mol. The molecule has 0 aliphatic carbocycles. The van der Waals surface area contributed by atoms with Crippen LogP contribution >= 0.6 is 0 Å². The lowest BCUT2D eigenvalue weighted by molar-refractivity contribution is -0.130. The summed E-state index contributed by atoms with van der Waals surface area (Å²) in [4.78, 5) is 12.7. The summed E-state index contributed by atoms with van der Waals surface area (Å²) >= 11 is 0. The zero-order valence-electron chi connectivity index (χ0n) is 6.32. The highest BCUT2D eigenvalue weighted by Crippen LogP contribution is 1.96. The monoisotopic (exact) mass is 156 g/mol. The maximum atomic E-state index is 11.1. The molecule has 1 heterocycles. The number of carbonyl (C=O) groups is 1. The van der Waals surface area contributed by atoms with Gasteiger partial charge in [-0.1, -0.05) is 6.08 Å². The molecule has 0 spiro atoms. The van der Waals surface area contributed by atoms with E-state index in [-0.39, 0.29) is 5.91 Å². The van der Waals surface area contributed by atoms with Gasteiger partial charge in [0.25, 0.3) is 0 Å². The van der Waals surface area contributed by atoms with Crippen LogP contribution in [0.5, 0.6) is 0 Å². The number of rotatable bonds is 2. The van der Waals surface area contributed by atoms with Crippen molar-refractivity contribution in [3.8, 4) is 0 Å². The van der Waals surface area contributed by atoms with E-state index in [9.17, 15) is 4.79 Å². The van der Waals surface area contributed by atoms with Crippen molar-refractivity contribution in [2.75, 3.05) is 26.4 Å². The van der Waals surface area contributed by atoms with Gasteiger partial charge in [-0.2, -0.15) is 0 Å². The van der Waals surface area contributed by atoms with E-state index >= 15 is 0 Å². The first-order valence-corrected chi connectivity index (χ1v) is 3.58. The van der Waals surface area contributed by atoms with Crippen LogP contribution in [-0.4, -0.2) is 37.2 Å². The maximum Gasteiger partial charge on any atom is 0.248 e. The molecule has 0 radical (unpaired) electrons. The van der Waals surface area contributed by atoms with E-state index in [2.05, 4.69) is 0 Å². The van der Waals surface area contributed by atoms with Crippen molar-refractivity contribution in [2.24, 2.45) is 5.73 Å². The Morgan fingerprint density at radius 2 is 2.55 bits per heavy atom. The molecule has 0 atom stereocenters. The van der Waals surface area contributed by atoms with Crippen LogP contribution in [-0.2, 0) is 9.53 Å². The molecule has 11 heavy (non-hydrogen) atoms. The third-order valence-electron chi connectivity index (χ3n) is 1.43. The molecule has 0 aromatic carbocycles. The topological polar surface area (TPSA) is 55.6 Å². The number of hydrogen-bond donors (Lipinski definition) is 1. The summed E-state index contributed by atoms with van der Waals surface area (Å²) in [7, 11) is 0. The summed E-state index contributed by atoms with van der Waals surface area (Å²) in [6, 6.07) is 0. The molecule has 0 saturated carbocycles. The molecule has 0 saturated heterocycles. The summed E-state index contributed by atoms with van der Waals surface area (Å²) in [6.45, 7) is 1.89. The van der Waals surface area contributed by atoms with Gasteiger partial charge >= 0.3 is 0 Å². The number of ether oxygens (including phenoxy) is 1. The highest BCUT2D eigenvalue weighted by molar-refractivity contribution is 5.87. The van der Waals surface area contributed by atoms with Gasteiger partial charge in [0.15, 0.2) is 0 Å². The molecule has 0 unspecified atom stereocenters. The lowest BCUT2D eigenvalue weighted by atomic mass is 10.4. The zero-order chi connectivity index (χ0) is 8.10. The minimum Gasteiger partial charge on any atom is -0.357 e. The molecule has 1 amide bonds. The van der Waals surface area contributed by atoms with Crippen LogP contribution in [0.3, 0.4) is 0 Å². The van der Waals surface area contributed by atoms with E-state index in [1.165, 1.54) is 6.08 Å². The number of amides is 1. The molecule has 4 heteroatoms. The smallest absolute Gasteiger partial charge is 0.248 e. The van der Waals surface area contributed by atoms with Crippen LogP contribution in [0.15, 0.2) is 12.2 Å². The zero-order valence-corrected chi connectivity index (χ0v) is 6.32. The summed E-state index contributed by atoms with van der Waals surface area (Å²) in [6.07, 6.45) is 3.22. The third-order valence-corrected chi connectivity index (χ3v) is 1.43. The molecular weight excluding hydrogens is 144 g/mol. The van der Waals surface area contributed by atoms with E-state index in [4.69, 9.17) is 10.5 Å². The highest BCUT2D eigenvalue weighted by atomic mass is 16.5. The first-order valence-electron chi connectivity index (χ1n) is 3.58. The fourth-order valence-corrected chi connectivity index (χ4v) is 0.879. The van der Waals surface area contributed by atoms with Crippen LogP contribution in [0.4, 0.5) is 0 Å². The van der Waals surface area contributed by atoms with Crippen LogP contribution in [0.1, 0.15) is 0 Å². The third kappa shape index (κ3) is 2.32. The van der Waals surface area contributed by atoms with Crippen molar-refractivity contribution in [1.82, 2.24) is 4.90 Å². The van der Waals surface area contributed by atoms with Gasteiger partial charge in [0, 0.05) is 19.2 Å². The molecular formula is C7H12N2O2. The Bertz CT molecular complexity index is 168. The number of carbonyl (C=O) groups excluding carboxylic acids is 1. The molecule has 62 valence electrons. The fraction of sp³-hybridized carbons (Fsp3) is 0.571. The van der Waals surface area contributed by atoms with Crippen molar-refractivity contribution in [1.29, 1.82) is 0 Å². The van der Waals surface area contributed by atoms with Crippen molar-refractivity contribution in [2.45, 2.75) is 0 Å². The van der Waals surface area contributed by atoms with E-state index in [0.29, 0.717) is 26.4 Å². The van der Waals surface area contributed by atoms with Crippen LogP contribution < -0.4 is 5.73 Å². The van der Waals surface area contributed by atoms with Crippen molar-refractivity contribution < 1.29 is 9.53 Å². The molecule has 2 N–H and O–H groups in total. The van der Waals surface area contributed by atoms with Gasteiger partial charge in [0.1, 0.15) is 6.73 Å². The second-order valence-electron chi connectivity index (χ2n) is 2.29. The Morgan fingerprint density at radius 1 is 1.73 bits per heavy atom. The van der Waals surface area contributed by atoms with Gasteiger partial charge < -0.3 is 15.4 Å². The average Bonchev–Trinajstić information content (AvgIpc) is 2.18. The van der Waals surface area contributed by atoms with E-state index < -0.39 is 0 Å². The summed E-state index contributed by atoms with van der Waals surface area (Å²) in [5.74, 6) is -0.0204. The number of nitrogens with two attached hydrogens (primary N) is 1. The lowest BCUT2D eigenvalue weighted by Crippen LogP contribution is -2.34. The molecule has 0 aromatic heterocycles. The maximum absolute atomic E-state index is 11.1. The fourth-order valence-electron chi connectivity index (χ4n) is 0.879. The second kappa shape index (κ2) is 4.10. The number of hydrogen-bond acceptors (Lipinski definition) is 3. The van der Waals surface area contributed by atoms with Crippen LogP contribution in [0.25, 0.3) is 0 Å². The summed E-state index contributed by atoms with van der Waals surface area (Å²) in [5.41, 5.74) is 5.30. The predicted octanol–water partition coefficient (Wildman–Crippen LogP) is -0.682. The minimum absolute atomic E-state index is 0.0204. The molecule has 0 fully saturated rings. The van der Waals surface area contributed by atoms with E-state index in [1.54, 1.807) is 11.0 Å².